The van der Waals surface area contributed by atoms with Crippen molar-refractivity contribution in [1.29, 1.82) is 0 Å². The van der Waals surface area contributed by atoms with Gasteiger partial charge in [-0.3, -0.25) is 0 Å². The van der Waals surface area contributed by atoms with Crippen LogP contribution in [0, 0.1) is 0 Å². The van der Waals surface area contributed by atoms with E-state index in [4.69, 9.17) is 0 Å². The zero-order chi connectivity index (χ0) is 15.7. The van der Waals surface area contributed by atoms with E-state index in [0.29, 0.717) is 17.9 Å². The molecule has 0 saturated carbocycles. The summed E-state index contributed by atoms with van der Waals surface area (Å²) in [6, 6.07) is 2.28. The summed E-state index contributed by atoms with van der Waals surface area (Å²) in [6.45, 7) is 6.36. The maximum absolute atomic E-state index is 12.4. The van der Waals surface area contributed by atoms with Crippen LogP contribution in [0.4, 0.5) is 18.9 Å². The standard InChI is InChI=1S/C13H16F3N5/c1-12(2,3)21-8-10(19-20-21)7-17-9-4-5-11(18-6-9)13(14,15)16/h4-6,8,17H,7H2,1-3H3. The molecule has 0 aliphatic rings. The number of nitrogens with zero attached hydrogens (tertiary/aromatic N) is 4. The molecule has 0 amide bonds. The van der Waals surface area contributed by atoms with Crippen molar-refractivity contribution in [1.82, 2.24) is 20.0 Å². The van der Waals surface area contributed by atoms with E-state index in [9.17, 15) is 13.2 Å². The van der Waals surface area contributed by atoms with Gasteiger partial charge < -0.3 is 5.32 Å². The second-order valence-corrected chi connectivity index (χ2v) is 5.61. The lowest BCUT2D eigenvalue weighted by Gasteiger charge is -2.17. The minimum atomic E-state index is -4.42. The summed E-state index contributed by atoms with van der Waals surface area (Å²) in [5.41, 5.74) is 0.117. The number of nitrogens with one attached hydrogen (secondary N) is 1. The third-order valence-electron chi connectivity index (χ3n) is 2.76. The molecule has 0 spiro atoms. The van der Waals surface area contributed by atoms with Gasteiger partial charge in [0.1, 0.15) is 11.4 Å². The summed E-state index contributed by atoms with van der Waals surface area (Å²) in [4.78, 5) is 3.38. The van der Waals surface area contributed by atoms with Gasteiger partial charge in [0.2, 0.25) is 0 Å². The molecule has 0 fully saturated rings. The fraction of sp³-hybridized carbons (Fsp3) is 0.462. The molecule has 1 N–H and O–H groups in total. The average Bonchev–Trinajstić information content (AvgIpc) is 2.84. The lowest BCUT2D eigenvalue weighted by Crippen LogP contribution is -2.22. The number of anilines is 1. The monoisotopic (exact) mass is 299 g/mol. The first-order chi connectivity index (χ1) is 9.66. The molecule has 0 saturated heterocycles. The van der Waals surface area contributed by atoms with Crippen LogP contribution < -0.4 is 5.32 Å². The van der Waals surface area contributed by atoms with Crippen LogP contribution >= 0.6 is 0 Å². The summed E-state index contributed by atoms with van der Waals surface area (Å²) in [5, 5.41) is 11.0. The molecule has 2 aromatic rings. The van der Waals surface area contributed by atoms with Crippen LogP contribution in [0.1, 0.15) is 32.2 Å². The SMILES string of the molecule is CC(C)(C)n1cc(CNc2ccc(C(F)(F)F)nc2)nn1. The van der Waals surface area contributed by atoms with Gasteiger partial charge in [-0.2, -0.15) is 13.2 Å². The number of alkyl halides is 3. The molecular formula is C13H16F3N5. The molecule has 8 heteroatoms. The van der Waals surface area contributed by atoms with Crippen molar-refractivity contribution >= 4 is 5.69 Å². The van der Waals surface area contributed by atoms with Crippen LogP contribution in [0.15, 0.2) is 24.5 Å². The first-order valence-corrected chi connectivity index (χ1v) is 6.35. The van der Waals surface area contributed by atoms with E-state index in [1.54, 1.807) is 10.9 Å². The molecule has 114 valence electrons. The highest BCUT2D eigenvalue weighted by Crippen LogP contribution is 2.27. The molecule has 0 aliphatic carbocycles. The van der Waals surface area contributed by atoms with E-state index in [-0.39, 0.29) is 5.54 Å². The zero-order valence-electron chi connectivity index (χ0n) is 11.9. The second-order valence-electron chi connectivity index (χ2n) is 5.61. The topological polar surface area (TPSA) is 55.6 Å². The fourth-order valence-electron chi connectivity index (χ4n) is 1.57. The van der Waals surface area contributed by atoms with E-state index in [2.05, 4.69) is 20.6 Å². The molecule has 0 aliphatic heterocycles. The molecular weight excluding hydrogens is 283 g/mol. The van der Waals surface area contributed by atoms with Gasteiger partial charge in [0.15, 0.2) is 0 Å². The van der Waals surface area contributed by atoms with Crippen molar-refractivity contribution in [3.8, 4) is 0 Å². The Labute approximate surface area is 120 Å². The Morgan fingerprint density at radius 3 is 2.38 bits per heavy atom. The van der Waals surface area contributed by atoms with Crippen molar-refractivity contribution < 1.29 is 13.2 Å². The van der Waals surface area contributed by atoms with Crippen molar-refractivity contribution in [3.05, 3.63) is 35.9 Å². The molecule has 0 bridgehead atoms. The molecule has 2 rings (SSSR count). The van der Waals surface area contributed by atoms with Crippen molar-refractivity contribution in [2.24, 2.45) is 0 Å². The van der Waals surface area contributed by atoms with Gasteiger partial charge in [0.25, 0.3) is 0 Å². The van der Waals surface area contributed by atoms with Gasteiger partial charge in [-0.1, -0.05) is 5.21 Å². The number of halogens is 3. The quantitative estimate of drug-likeness (QED) is 0.946. The molecule has 2 aromatic heterocycles. The normalized spacial score (nSPS) is 12.5. The first-order valence-electron chi connectivity index (χ1n) is 6.35. The smallest absolute Gasteiger partial charge is 0.378 e. The maximum atomic E-state index is 12.4. The Morgan fingerprint density at radius 1 is 1.19 bits per heavy atom. The van der Waals surface area contributed by atoms with Gasteiger partial charge in [-0.15, -0.1) is 5.10 Å². The minimum Gasteiger partial charge on any atom is -0.378 e. The summed E-state index contributed by atoms with van der Waals surface area (Å²) in [6.07, 6.45) is -1.48. The zero-order valence-corrected chi connectivity index (χ0v) is 11.9. The summed E-state index contributed by atoms with van der Waals surface area (Å²) >= 11 is 0. The maximum Gasteiger partial charge on any atom is 0.433 e. The van der Waals surface area contributed by atoms with E-state index >= 15 is 0 Å². The predicted octanol–water partition coefficient (Wildman–Crippen LogP) is 3.06. The van der Waals surface area contributed by atoms with Crippen LogP contribution in [0.25, 0.3) is 0 Å². The van der Waals surface area contributed by atoms with E-state index < -0.39 is 11.9 Å². The van der Waals surface area contributed by atoms with Gasteiger partial charge in [-0.05, 0) is 32.9 Å². The lowest BCUT2D eigenvalue weighted by molar-refractivity contribution is -0.141. The fourth-order valence-corrected chi connectivity index (χ4v) is 1.57. The summed E-state index contributed by atoms with van der Waals surface area (Å²) in [5.74, 6) is 0. The highest BCUT2D eigenvalue weighted by atomic mass is 19.4. The third kappa shape index (κ3) is 3.93. The number of pyridine rings is 1. The van der Waals surface area contributed by atoms with Crippen molar-refractivity contribution in [2.75, 3.05) is 5.32 Å². The molecule has 0 atom stereocenters. The summed E-state index contributed by atoms with van der Waals surface area (Å²) in [7, 11) is 0. The molecule has 2 heterocycles. The van der Waals surface area contributed by atoms with Gasteiger partial charge >= 0.3 is 6.18 Å². The molecule has 0 radical (unpaired) electrons. The van der Waals surface area contributed by atoms with Crippen LogP contribution in [-0.2, 0) is 18.3 Å². The van der Waals surface area contributed by atoms with Crippen LogP contribution in [0.2, 0.25) is 0 Å². The summed E-state index contributed by atoms with van der Waals surface area (Å²) < 4.78 is 38.9. The molecule has 21 heavy (non-hydrogen) atoms. The van der Waals surface area contributed by atoms with Crippen LogP contribution in [0.3, 0.4) is 0 Å². The predicted molar refractivity (Wildman–Crippen MR) is 71.6 cm³/mol. The Hall–Kier alpha value is -2.12. The van der Waals surface area contributed by atoms with E-state index in [1.807, 2.05) is 20.8 Å². The largest absolute Gasteiger partial charge is 0.433 e. The third-order valence-corrected chi connectivity index (χ3v) is 2.76. The lowest BCUT2D eigenvalue weighted by atomic mass is 10.1. The molecule has 0 aromatic carbocycles. The van der Waals surface area contributed by atoms with E-state index in [1.165, 1.54) is 6.07 Å². The van der Waals surface area contributed by atoms with Crippen molar-refractivity contribution in [3.63, 3.8) is 0 Å². The van der Waals surface area contributed by atoms with E-state index in [0.717, 1.165) is 12.3 Å². The number of hydrogen-bond donors (Lipinski definition) is 1. The Balaban J connectivity index is 1.99. The van der Waals surface area contributed by atoms with Gasteiger partial charge in [0.05, 0.1) is 30.2 Å². The Morgan fingerprint density at radius 2 is 1.90 bits per heavy atom. The highest BCUT2D eigenvalue weighted by molar-refractivity contribution is 5.41. The van der Waals surface area contributed by atoms with Crippen LogP contribution in [-0.4, -0.2) is 20.0 Å². The van der Waals surface area contributed by atoms with Crippen LogP contribution in [0.5, 0.6) is 0 Å². The number of hydrogen-bond acceptors (Lipinski definition) is 4. The number of aromatic nitrogens is 4. The highest BCUT2D eigenvalue weighted by Gasteiger charge is 2.31. The second kappa shape index (κ2) is 5.34. The molecule has 5 nitrogen and oxygen atoms in total. The first kappa shape index (κ1) is 15.3. The van der Waals surface area contributed by atoms with Crippen molar-refractivity contribution in [2.45, 2.75) is 39.0 Å². The number of rotatable bonds is 3. The van der Waals surface area contributed by atoms with Gasteiger partial charge in [-0.25, -0.2) is 9.67 Å². The Kier molecular flexibility index (Phi) is 3.89. The Bertz CT molecular complexity index is 596. The molecule has 0 unspecified atom stereocenters. The average molecular weight is 299 g/mol. The van der Waals surface area contributed by atoms with Gasteiger partial charge in [0, 0.05) is 0 Å². The minimum absolute atomic E-state index is 0.166.